The van der Waals surface area contributed by atoms with Crippen molar-refractivity contribution in [3.05, 3.63) is 29.8 Å². The summed E-state index contributed by atoms with van der Waals surface area (Å²) in [6.07, 6.45) is 1.25. The zero-order valence-corrected chi connectivity index (χ0v) is 10.9. The zero-order chi connectivity index (χ0) is 13.5. The van der Waals surface area contributed by atoms with Gasteiger partial charge in [-0.25, -0.2) is 8.78 Å². The van der Waals surface area contributed by atoms with E-state index < -0.39 is 5.92 Å². The van der Waals surface area contributed by atoms with Gasteiger partial charge in [0.2, 0.25) is 0 Å². The Balaban J connectivity index is 1.40. The maximum absolute atomic E-state index is 13.0. The number of ether oxygens (including phenoxy) is 2. The smallest absolute Gasteiger partial charge is 0.254 e. The first-order valence-corrected chi connectivity index (χ1v) is 6.69. The van der Waals surface area contributed by atoms with Crippen LogP contribution in [0.15, 0.2) is 24.3 Å². The fourth-order valence-electron chi connectivity index (χ4n) is 3.12. The average molecular weight is 268 g/mol. The largest absolute Gasteiger partial charge is 0.497 e. The van der Waals surface area contributed by atoms with Crippen LogP contribution >= 0.6 is 0 Å². The molecule has 0 spiro atoms. The van der Waals surface area contributed by atoms with Crippen LogP contribution in [-0.2, 0) is 11.3 Å². The second-order valence-corrected chi connectivity index (χ2v) is 5.59. The summed E-state index contributed by atoms with van der Waals surface area (Å²) in [6.45, 7) is 1.13. The Morgan fingerprint density at radius 1 is 1.16 bits per heavy atom. The summed E-state index contributed by atoms with van der Waals surface area (Å²) < 4.78 is 36.7. The van der Waals surface area contributed by atoms with Crippen LogP contribution in [0.1, 0.15) is 18.4 Å². The highest BCUT2D eigenvalue weighted by Gasteiger charge is 2.71. The van der Waals surface area contributed by atoms with Gasteiger partial charge in [0.15, 0.2) is 0 Å². The predicted octanol–water partition coefficient (Wildman–Crippen LogP) is 3.50. The number of hydrogen-bond donors (Lipinski definition) is 0. The Bertz CT molecular complexity index is 430. The van der Waals surface area contributed by atoms with Gasteiger partial charge in [0.1, 0.15) is 5.75 Å². The lowest BCUT2D eigenvalue weighted by molar-refractivity contribution is 0.0376. The van der Waals surface area contributed by atoms with Crippen molar-refractivity contribution in [3.63, 3.8) is 0 Å². The van der Waals surface area contributed by atoms with Crippen molar-refractivity contribution < 1.29 is 18.3 Å². The number of fused-ring (bicyclic) bond motifs is 1. The topological polar surface area (TPSA) is 18.5 Å². The van der Waals surface area contributed by atoms with Gasteiger partial charge < -0.3 is 9.47 Å². The van der Waals surface area contributed by atoms with Crippen LogP contribution < -0.4 is 4.74 Å². The van der Waals surface area contributed by atoms with Crippen molar-refractivity contribution in [1.29, 1.82) is 0 Å². The Morgan fingerprint density at radius 2 is 1.79 bits per heavy atom. The number of halogens is 2. The fraction of sp³-hybridized carbons (Fsp3) is 0.600. The van der Waals surface area contributed by atoms with Crippen LogP contribution in [0.25, 0.3) is 0 Å². The molecule has 1 unspecified atom stereocenters. The van der Waals surface area contributed by atoms with Gasteiger partial charge >= 0.3 is 0 Å². The molecule has 0 aliphatic heterocycles. The maximum atomic E-state index is 13.0. The number of rotatable bonds is 5. The van der Waals surface area contributed by atoms with Crippen LogP contribution in [-0.4, -0.2) is 19.6 Å². The van der Waals surface area contributed by atoms with E-state index in [0.717, 1.165) is 11.3 Å². The molecule has 0 radical (unpaired) electrons. The second kappa shape index (κ2) is 4.75. The third-order valence-corrected chi connectivity index (χ3v) is 4.32. The molecule has 3 rings (SSSR count). The normalized spacial score (nSPS) is 31.0. The van der Waals surface area contributed by atoms with Gasteiger partial charge in [-0.1, -0.05) is 12.1 Å². The van der Waals surface area contributed by atoms with Crippen molar-refractivity contribution in [3.8, 4) is 5.75 Å². The molecule has 1 aromatic carbocycles. The molecular formula is C15H18F2O2. The quantitative estimate of drug-likeness (QED) is 0.813. The summed E-state index contributed by atoms with van der Waals surface area (Å²) in [5.41, 5.74) is 1.08. The number of benzene rings is 1. The first-order chi connectivity index (χ1) is 9.11. The molecule has 19 heavy (non-hydrogen) atoms. The molecule has 0 aromatic heterocycles. The van der Waals surface area contributed by atoms with Crippen molar-refractivity contribution in [2.45, 2.75) is 25.4 Å². The van der Waals surface area contributed by atoms with Crippen molar-refractivity contribution in [1.82, 2.24) is 0 Å². The van der Waals surface area contributed by atoms with E-state index >= 15 is 0 Å². The number of hydrogen-bond acceptors (Lipinski definition) is 2. The summed E-state index contributed by atoms with van der Waals surface area (Å²) >= 11 is 0. The molecule has 2 fully saturated rings. The van der Waals surface area contributed by atoms with E-state index in [1.54, 1.807) is 7.11 Å². The van der Waals surface area contributed by atoms with Gasteiger partial charge in [-0.15, -0.1) is 0 Å². The Labute approximate surface area is 111 Å². The summed E-state index contributed by atoms with van der Waals surface area (Å²) in [5.74, 6) is -1.95. The van der Waals surface area contributed by atoms with Crippen LogP contribution in [0, 0.1) is 17.8 Å². The van der Waals surface area contributed by atoms with Crippen LogP contribution in [0.2, 0.25) is 0 Å². The minimum atomic E-state index is -2.37. The lowest BCUT2D eigenvalue weighted by atomic mass is 10.0. The standard InChI is InChI=1S/C15H18F2O2/c1-18-12-4-2-10(3-5-12)8-19-9-11-6-13-14(7-11)15(13,16)17/h2-5,11,13-14H,6-9H2,1H3/t11?,13-,14+. The molecule has 0 N–H and O–H groups in total. The van der Waals surface area contributed by atoms with Crippen LogP contribution in [0.5, 0.6) is 5.75 Å². The number of methoxy groups -OCH3 is 1. The van der Waals surface area contributed by atoms with E-state index in [0.29, 0.717) is 32.0 Å². The molecule has 2 nitrogen and oxygen atoms in total. The van der Waals surface area contributed by atoms with Gasteiger partial charge in [-0.3, -0.25) is 0 Å². The molecule has 0 bridgehead atoms. The Morgan fingerprint density at radius 3 is 2.37 bits per heavy atom. The SMILES string of the molecule is COc1ccc(COCC2C[C@@H]3[C@H](C2)C3(F)F)cc1. The monoisotopic (exact) mass is 268 g/mol. The summed E-state index contributed by atoms with van der Waals surface area (Å²) in [6, 6.07) is 7.70. The second-order valence-electron chi connectivity index (χ2n) is 5.59. The third kappa shape index (κ3) is 2.46. The molecule has 104 valence electrons. The molecule has 2 saturated carbocycles. The molecular weight excluding hydrogens is 250 g/mol. The molecule has 4 heteroatoms. The molecule has 0 amide bonds. The van der Waals surface area contributed by atoms with E-state index in [4.69, 9.17) is 9.47 Å². The summed E-state index contributed by atoms with van der Waals surface area (Å²) in [4.78, 5) is 0. The lowest BCUT2D eigenvalue weighted by Gasteiger charge is -2.14. The van der Waals surface area contributed by atoms with E-state index in [-0.39, 0.29) is 11.8 Å². The van der Waals surface area contributed by atoms with E-state index in [9.17, 15) is 8.78 Å². The third-order valence-electron chi connectivity index (χ3n) is 4.32. The zero-order valence-electron chi connectivity index (χ0n) is 10.9. The highest BCUT2D eigenvalue weighted by molar-refractivity contribution is 5.26. The summed E-state index contributed by atoms with van der Waals surface area (Å²) in [7, 11) is 1.63. The van der Waals surface area contributed by atoms with Gasteiger partial charge in [-0.2, -0.15) is 0 Å². The minimum Gasteiger partial charge on any atom is -0.497 e. The van der Waals surface area contributed by atoms with Crippen molar-refractivity contribution in [2.24, 2.45) is 17.8 Å². The molecule has 3 atom stereocenters. The first-order valence-electron chi connectivity index (χ1n) is 6.69. The molecule has 0 saturated heterocycles. The summed E-state index contributed by atoms with van der Waals surface area (Å²) in [5, 5.41) is 0. The van der Waals surface area contributed by atoms with Crippen LogP contribution in [0.4, 0.5) is 8.78 Å². The highest BCUT2D eigenvalue weighted by Crippen LogP contribution is 2.65. The number of alkyl halides is 2. The van der Waals surface area contributed by atoms with Gasteiger partial charge in [-0.05, 0) is 36.5 Å². The van der Waals surface area contributed by atoms with Crippen molar-refractivity contribution in [2.75, 3.05) is 13.7 Å². The maximum Gasteiger partial charge on any atom is 0.254 e. The fourth-order valence-corrected chi connectivity index (χ4v) is 3.12. The highest BCUT2D eigenvalue weighted by atomic mass is 19.3. The van der Waals surface area contributed by atoms with E-state index in [1.807, 2.05) is 24.3 Å². The molecule has 2 aliphatic rings. The van der Waals surface area contributed by atoms with Gasteiger partial charge in [0.05, 0.1) is 13.7 Å². The molecule has 1 aromatic rings. The van der Waals surface area contributed by atoms with E-state index in [2.05, 4.69) is 0 Å². The van der Waals surface area contributed by atoms with E-state index in [1.165, 1.54) is 0 Å². The van der Waals surface area contributed by atoms with Gasteiger partial charge in [0, 0.05) is 18.4 Å². The Hall–Kier alpha value is -1.16. The molecule has 2 aliphatic carbocycles. The van der Waals surface area contributed by atoms with Crippen LogP contribution in [0.3, 0.4) is 0 Å². The average Bonchev–Trinajstić information content (AvgIpc) is 2.80. The minimum absolute atomic E-state index is 0.313. The van der Waals surface area contributed by atoms with Gasteiger partial charge in [0.25, 0.3) is 5.92 Å². The van der Waals surface area contributed by atoms with Crippen molar-refractivity contribution >= 4 is 0 Å². The lowest BCUT2D eigenvalue weighted by Crippen LogP contribution is -2.13. The molecule has 0 heterocycles. The Kier molecular flexibility index (Phi) is 3.21. The first kappa shape index (κ1) is 12.9. The predicted molar refractivity (Wildman–Crippen MR) is 67.3 cm³/mol.